The van der Waals surface area contributed by atoms with Gasteiger partial charge in [0.15, 0.2) is 0 Å². The van der Waals surface area contributed by atoms with Gasteiger partial charge in [-0.05, 0) is 31.5 Å². The molecular formula is C16H26N2O2. The van der Waals surface area contributed by atoms with Crippen LogP contribution in [0.3, 0.4) is 0 Å². The summed E-state index contributed by atoms with van der Waals surface area (Å²) in [5, 5.41) is 3.43. The number of para-hydroxylation sites is 2. The van der Waals surface area contributed by atoms with Gasteiger partial charge in [0.25, 0.3) is 0 Å². The summed E-state index contributed by atoms with van der Waals surface area (Å²) in [4.78, 5) is 2.40. The van der Waals surface area contributed by atoms with Gasteiger partial charge in [0, 0.05) is 26.2 Å². The van der Waals surface area contributed by atoms with Crippen molar-refractivity contribution in [2.45, 2.75) is 19.8 Å². The second-order valence-corrected chi connectivity index (χ2v) is 5.02. The first-order valence-electron chi connectivity index (χ1n) is 7.67. The topological polar surface area (TPSA) is 33.7 Å². The van der Waals surface area contributed by atoms with Crippen LogP contribution in [-0.2, 0) is 4.74 Å². The lowest BCUT2D eigenvalue weighted by Crippen LogP contribution is -2.28. The lowest BCUT2D eigenvalue weighted by atomic mass is 10.2. The van der Waals surface area contributed by atoms with E-state index in [1.807, 2.05) is 12.1 Å². The van der Waals surface area contributed by atoms with E-state index in [0.717, 1.165) is 45.0 Å². The maximum absolute atomic E-state index is 5.89. The van der Waals surface area contributed by atoms with Gasteiger partial charge in [-0.3, -0.25) is 0 Å². The van der Waals surface area contributed by atoms with Crippen LogP contribution in [0, 0.1) is 0 Å². The van der Waals surface area contributed by atoms with Crippen LogP contribution >= 0.6 is 0 Å². The molecule has 112 valence electrons. The Morgan fingerprint density at radius 2 is 2.00 bits per heavy atom. The second kappa shape index (κ2) is 8.82. The third-order valence-corrected chi connectivity index (χ3v) is 3.38. The fourth-order valence-electron chi connectivity index (χ4n) is 2.38. The molecule has 0 atom stereocenters. The van der Waals surface area contributed by atoms with E-state index in [9.17, 15) is 0 Å². The summed E-state index contributed by atoms with van der Waals surface area (Å²) >= 11 is 0. The molecule has 1 saturated heterocycles. The van der Waals surface area contributed by atoms with Crippen LogP contribution in [0.4, 0.5) is 5.69 Å². The number of hydrogen-bond donors (Lipinski definition) is 1. The first-order valence-corrected chi connectivity index (χ1v) is 7.67. The average Bonchev–Trinajstić information content (AvgIpc) is 2.76. The van der Waals surface area contributed by atoms with Gasteiger partial charge in [-0.2, -0.15) is 0 Å². The van der Waals surface area contributed by atoms with Crippen molar-refractivity contribution in [3.05, 3.63) is 24.3 Å². The fraction of sp³-hybridized carbons (Fsp3) is 0.625. The summed E-state index contributed by atoms with van der Waals surface area (Å²) in [6.07, 6.45) is 2.23. The highest BCUT2D eigenvalue weighted by molar-refractivity contribution is 5.58. The molecule has 4 nitrogen and oxygen atoms in total. The minimum absolute atomic E-state index is 0.614. The van der Waals surface area contributed by atoms with Crippen molar-refractivity contribution in [2.24, 2.45) is 0 Å². The Morgan fingerprint density at radius 1 is 1.10 bits per heavy atom. The number of rotatable bonds is 7. The number of hydrogen-bond acceptors (Lipinski definition) is 4. The molecule has 1 heterocycles. The van der Waals surface area contributed by atoms with Gasteiger partial charge in [-0.15, -0.1) is 0 Å². The molecule has 1 fully saturated rings. The predicted octanol–water partition coefficient (Wildman–Crippen LogP) is 2.29. The summed E-state index contributed by atoms with van der Waals surface area (Å²) in [5.74, 6) is 0.967. The molecule has 1 aromatic carbocycles. The molecule has 0 aliphatic carbocycles. The van der Waals surface area contributed by atoms with Crippen molar-refractivity contribution < 1.29 is 9.47 Å². The van der Waals surface area contributed by atoms with Gasteiger partial charge in [0.2, 0.25) is 0 Å². The Balaban J connectivity index is 1.91. The first-order chi connectivity index (χ1) is 9.92. The molecule has 0 saturated carbocycles. The normalized spacial score (nSPS) is 15.9. The van der Waals surface area contributed by atoms with Gasteiger partial charge in [0.05, 0.1) is 12.3 Å². The Kier molecular flexibility index (Phi) is 6.68. The quantitative estimate of drug-likeness (QED) is 0.776. The number of ether oxygens (including phenoxy) is 2. The zero-order valence-electron chi connectivity index (χ0n) is 12.4. The van der Waals surface area contributed by atoms with E-state index in [1.54, 1.807) is 0 Å². The van der Waals surface area contributed by atoms with Crippen molar-refractivity contribution in [1.29, 1.82) is 0 Å². The van der Waals surface area contributed by atoms with Gasteiger partial charge < -0.3 is 19.7 Å². The van der Waals surface area contributed by atoms with Crippen LogP contribution in [-0.4, -0.2) is 46.0 Å². The maximum Gasteiger partial charge on any atom is 0.142 e. The average molecular weight is 278 g/mol. The largest absolute Gasteiger partial charge is 0.489 e. The van der Waals surface area contributed by atoms with Crippen LogP contribution in [0.25, 0.3) is 0 Å². The minimum Gasteiger partial charge on any atom is -0.489 e. The summed E-state index contributed by atoms with van der Waals surface area (Å²) in [5.41, 5.74) is 1.20. The predicted molar refractivity (Wildman–Crippen MR) is 82.7 cm³/mol. The van der Waals surface area contributed by atoms with Crippen molar-refractivity contribution in [2.75, 3.05) is 50.9 Å². The van der Waals surface area contributed by atoms with E-state index in [2.05, 4.69) is 29.3 Å². The van der Waals surface area contributed by atoms with E-state index in [1.165, 1.54) is 12.1 Å². The Hall–Kier alpha value is -1.26. The van der Waals surface area contributed by atoms with E-state index in [-0.39, 0.29) is 0 Å². The van der Waals surface area contributed by atoms with Crippen molar-refractivity contribution in [3.63, 3.8) is 0 Å². The highest BCUT2D eigenvalue weighted by Crippen LogP contribution is 2.28. The summed E-state index contributed by atoms with van der Waals surface area (Å²) < 4.78 is 11.4. The molecule has 0 bridgehead atoms. The van der Waals surface area contributed by atoms with Gasteiger partial charge in [-0.25, -0.2) is 0 Å². The first kappa shape index (κ1) is 15.1. The molecule has 1 aromatic rings. The van der Waals surface area contributed by atoms with Crippen LogP contribution in [0.1, 0.15) is 19.8 Å². The van der Waals surface area contributed by atoms with E-state index in [4.69, 9.17) is 9.47 Å². The number of nitrogens with one attached hydrogen (secondary N) is 1. The lowest BCUT2D eigenvalue weighted by molar-refractivity contribution is 0.101. The molecular weight excluding hydrogens is 252 g/mol. The highest BCUT2D eigenvalue weighted by Gasteiger charge is 2.13. The molecule has 20 heavy (non-hydrogen) atoms. The van der Waals surface area contributed by atoms with Crippen molar-refractivity contribution in [3.8, 4) is 5.75 Å². The standard InChI is InChI=1S/C16H26N2O2/c1-2-12-19-13-14-20-16-7-4-3-6-15(16)18-10-5-8-17-9-11-18/h3-4,6-7,17H,2,5,8-14H2,1H3. The Labute approximate surface area is 122 Å². The van der Waals surface area contributed by atoms with Crippen LogP contribution < -0.4 is 15.0 Å². The second-order valence-electron chi connectivity index (χ2n) is 5.02. The molecule has 4 heteroatoms. The molecule has 0 spiro atoms. The molecule has 1 N–H and O–H groups in total. The molecule has 2 rings (SSSR count). The van der Waals surface area contributed by atoms with Gasteiger partial charge >= 0.3 is 0 Å². The Bertz CT molecular complexity index is 376. The number of benzene rings is 1. The molecule has 0 aromatic heterocycles. The van der Waals surface area contributed by atoms with Crippen molar-refractivity contribution in [1.82, 2.24) is 5.32 Å². The highest BCUT2D eigenvalue weighted by atomic mass is 16.5. The molecule has 0 unspecified atom stereocenters. The zero-order chi connectivity index (χ0) is 14.0. The molecule has 0 radical (unpaired) electrons. The van der Waals surface area contributed by atoms with Crippen LogP contribution in [0.15, 0.2) is 24.3 Å². The molecule has 1 aliphatic heterocycles. The third-order valence-electron chi connectivity index (χ3n) is 3.38. The molecule has 1 aliphatic rings. The molecule has 0 amide bonds. The van der Waals surface area contributed by atoms with E-state index >= 15 is 0 Å². The van der Waals surface area contributed by atoms with Crippen LogP contribution in [0.5, 0.6) is 5.75 Å². The monoisotopic (exact) mass is 278 g/mol. The lowest BCUT2D eigenvalue weighted by Gasteiger charge is -2.24. The Morgan fingerprint density at radius 3 is 2.90 bits per heavy atom. The minimum atomic E-state index is 0.614. The fourth-order valence-corrected chi connectivity index (χ4v) is 2.38. The summed E-state index contributed by atoms with van der Waals surface area (Å²) in [6, 6.07) is 8.30. The van der Waals surface area contributed by atoms with Gasteiger partial charge in [0.1, 0.15) is 12.4 Å². The number of anilines is 1. The zero-order valence-corrected chi connectivity index (χ0v) is 12.4. The summed E-state index contributed by atoms with van der Waals surface area (Å²) in [7, 11) is 0. The van der Waals surface area contributed by atoms with Crippen LogP contribution in [0.2, 0.25) is 0 Å². The maximum atomic E-state index is 5.89. The summed E-state index contributed by atoms with van der Waals surface area (Å²) in [6.45, 7) is 8.45. The van der Waals surface area contributed by atoms with Gasteiger partial charge in [-0.1, -0.05) is 19.1 Å². The van der Waals surface area contributed by atoms with E-state index < -0.39 is 0 Å². The van der Waals surface area contributed by atoms with Crippen molar-refractivity contribution >= 4 is 5.69 Å². The third kappa shape index (κ3) is 4.69. The van der Waals surface area contributed by atoms with E-state index in [0.29, 0.717) is 13.2 Å². The SMILES string of the molecule is CCCOCCOc1ccccc1N1CCCNCC1. The number of nitrogens with zero attached hydrogens (tertiary/aromatic N) is 1. The smallest absolute Gasteiger partial charge is 0.142 e.